The molecular formula is C11H18N4O. The molecule has 5 nitrogen and oxygen atoms in total. The van der Waals surface area contributed by atoms with Gasteiger partial charge in [-0.25, -0.2) is 0 Å². The van der Waals surface area contributed by atoms with E-state index in [2.05, 4.69) is 10.2 Å². The number of amides is 1. The van der Waals surface area contributed by atoms with Crippen molar-refractivity contribution in [2.75, 3.05) is 19.6 Å². The number of nitrogens with two attached hydrogens (primary N) is 1. The summed E-state index contributed by atoms with van der Waals surface area (Å²) in [6.07, 6.45) is 2.75. The monoisotopic (exact) mass is 222 g/mol. The molecule has 0 bridgehead atoms. The summed E-state index contributed by atoms with van der Waals surface area (Å²) >= 11 is 0. The predicted molar refractivity (Wildman–Crippen MR) is 59.3 cm³/mol. The van der Waals surface area contributed by atoms with Crippen LogP contribution in [-0.2, 0) is 4.79 Å². The summed E-state index contributed by atoms with van der Waals surface area (Å²) in [6.45, 7) is 2.60. The third-order valence-electron chi connectivity index (χ3n) is 3.61. The largest absolute Gasteiger partial charge is 0.354 e. The Morgan fingerprint density at radius 1 is 1.69 bits per heavy atom. The molecule has 3 atom stereocenters. The molecule has 2 rings (SSSR count). The maximum Gasteiger partial charge on any atom is 0.224 e. The summed E-state index contributed by atoms with van der Waals surface area (Å²) in [4.78, 5) is 13.8. The first kappa shape index (κ1) is 11.4. The summed E-state index contributed by atoms with van der Waals surface area (Å²) in [5, 5.41) is 11.6. The summed E-state index contributed by atoms with van der Waals surface area (Å²) in [5.74, 6) is 0.353. The summed E-state index contributed by atoms with van der Waals surface area (Å²) < 4.78 is 0. The van der Waals surface area contributed by atoms with Crippen molar-refractivity contribution in [2.45, 2.75) is 31.3 Å². The predicted octanol–water partition coefficient (Wildman–Crippen LogP) is -0.562. The minimum atomic E-state index is -0.384. The van der Waals surface area contributed by atoms with Crippen LogP contribution in [0.2, 0.25) is 0 Å². The molecule has 0 radical (unpaired) electrons. The van der Waals surface area contributed by atoms with Gasteiger partial charge in [0.2, 0.25) is 5.91 Å². The second-order valence-corrected chi connectivity index (χ2v) is 4.62. The first-order valence-corrected chi connectivity index (χ1v) is 5.89. The van der Waals surface area contributed by atoms with Gasteiger partial charge in [0, 0.05) is 19.1 Å². The lowest BCUT2D eigenvalue weighted by Gasteiger charge is -2.35. The second-order valence-electron chi connectivity index (χ2n) is 4.62. The zero-order valence-corrected chi connectivity index (χ0v) is 9.35. The number of nitrogens with one attached hydrogen (secondary N) is 1. The van der Waals surface area contributed by atoms with Crippen LogP contribution >= 0.6 is 0 Å². The lowest BCUT2D eigenvalue weighted by atomic mass is 9.91. The van der Waals surface area contributed by atoms with Crippen LogP contribution in [0.25, 0.3) is 0 Å². The first-order chi connectivity index (χ1) is 7.72. The number of likely N-dealkylation sites (tertiary alicyclic amines) is 1. The zero-order valence-electron chi connectivity index (χ0n) is 9.35. The van der Waals surface area contributed by atoms with Gasteiger partial charge in [0.15, 0.2) is 0 Å². The Labute approximate surface area is 95.6 Å². The van der Waals surface area contributed by atoms with Gasteiger partial charge in [-0.1, -0.05) is 0 Å². The number of hydrogen-bond donors (Lipinski definition) is 2. The van der Waals surface area contributed by atoms with Gasteiger partial charge in [-0.2, -0.15) is 5.26 Å². The molecule has 0 aromatic carbocycles. The first-order valence-electron chi connectivity index (χ1n) is 5.89. The zero-order chi connectivity index (χ0) is 11.5. The summed E-state index contributed by atoms with van der Waals surface area (Å²) in [6, 6.07) is 1.98. The fourth-order valence-corrected chi connectivity index (χ4v) is 2.69. The Bertz CT molecular complexity index is 312. The van der Waals surface area contributed by atoms with Gasteiger partial charge in [-0.3, -0.25) is 9.69 Å². The molecule has 2 heterocycles. The number of nitrogens with zero attached hydrogens (tertiary/aromatic N) is 2. The fourth-order valence-electron chi connectivity index (χ4n) is 2.69. The van der Waals surface area contributed by atoms with Gasteiger partial charge in [-0.15, -0.1) is 0 Å². The number of rotatable bonds is 3. The quantitative estimate of drug-likeness (QED) is 0.670. The highest BCUT2D eigenvalue weighted by molar-refractivity contribution is 5.82. The Balaban J connectivity index is 1.90. The van der Waals surface area contributed by atoms with Crippen molar-refractivity contribution in [3.05, 3.63) is 0 Å². The van der Waals surface area contributed by atoms with Crippen molar-refractivity contribution < 1.29 is 4.79 Å². The fraction of sp³-hybridized carbons (Fsp3) is 0.818. The van der Waals surface area contributed by atoms with Crippen LogP contribution in [0.15, 0.2) is 0 Å². The molecule has 3 unspecified atom stereocenters. The van der Waals surface area contributed by atoms with Gasteiger partial charge in [0.05, 0.1) is 18.0 Å². The molecule has 2 fully saturated rings. The van der Waals surface area contributed by atoms with E-state index in [0.717, 1.165) is 32.5 Å². The van der Waals surface area contributed by atoms with E-state index < -0.39 is 0 Å². The Kier molecular flexibility index (Phi) is 3.42. The Morgan fingerprint density at radius 2 is 2.50 bits per heavy atom. The highest BCUT2D eigenvalue weighted by atomic mass is 16.2. The smallest absolute Gasteiger partial charge is 0.224 e. The van der Waals surface area contributed by atoms with Gasteiger partial charge in [-0.05, 0) is 25.8 Å². The molecule has 3 N–H and O–H groups in total. The molecule has 2 saturated heterocycles. The average Bonchev–Trinajstić information content (AvgIpc) is 2.69. The SMILES string of the molecule is N#CC(N)CCN1CCCC2C(=O)NCC21. The van der Waals surface area contributed by atoms with Gasteiger partial charge in [0.25, 0.3) is 0 Å². The third kappa shape index (κ3) is 2.18. The molecule has 2 aliphatic rings. The molecule has 1 amide bonds. The van der Waals surface area contributed by atoms with Gasteiger partial charge in [0.1, 0.15) is 0 Å². The van der Waals surface area contributed by atoms with E-state index in [-0.39, 0.29) is 17.9 Å². The van der Waals surface area contributed by atoms with Crippen LogP contribution in [-0.4, -0.2) is 42.5 Å². The minimum absolute atomic E-state index is 0.159. The third-order valence-corrected chi connectivity index (χ3v) is 3.61. The van der Waals surface area contributed by atoms with Crippen LogP contribution in [0.4, 0.5) is 0 Å². The molecule has 88 valence electrons. The molecule has 0 aromatic heterocycles. The van der Waals surface area contributed by atoms with Gasteiger partial charge < -0.3 is 11.1 Å². The normalized spacial score (nSPS) is 31.6. The molecular weight excluding hydrogens is 204 g/mol. The van der Waals surface area contributed by atoms with Crippen molar-refractivity contribution in [1.82, 2.24) is 10.2 Å². The number of carbonyl (C=O) groups excluding carboxylic acids is 1. The number of carbonyl (C=O) groups is 1. The highest BCUT2D eigenvalue weighted by Crippen LogP contribution is 2.27. The average molecular weight is 222 g/mol. The molecule has 0 aliphatic carbocycles. The summed E-state index contributed by atoms with van der Waals surface area (Å²) in [5.41, 5.74) is 5.58. The van der Waals surface area contributed by atoms with Crippen LogP contribution in [0, 0.1) is 17.2 Å². The number of hydrogen-bond acceptors (Lipinski definition) is 4. The highest BCUT2D eigenvalue weighted by Gasteiger charge is 2.40. The van der Waals surface area contributed by atoms with E-state index in [1.807, 2.05) is 6.07 Å². The maximum atomic E-state index is 11.5. The van der Waals surface area contributed by atoms with E-state index in [1.54, 1.807) is 0 Å². The molecule has 16 heavy (non-hydrogen) atoms. The topological polar surface area (TPSA) is 82.2 Å². The molecule has 0 aromatic rings. The maximum absolute atomic E-state index is 11.5. The number of piperidine rings is 1. The van der Waals surface area contributed by atoms with E-state index in [1.165, 1.54) is 0 Å². The number of nitriles is 1. The Morgan fingerprint density at radius 3 is 3.25 bits per heavy atom. The Hall–Kier alpha value is -1.12. The van der Waals surface area contributed by atoms with Crippen molar-refractivity contribution in [2.24, 2.45) is 11.7 Å². The van der Waals surface area contributed by atoms with E-state index >= 15 is 0 Å². The molecule has 0 saturated carbocycles. The van der Waals surface area contributed by atoms with E-state index in [4.69, 9.17) is 11.0 Å². The van der Waals surface area contributed by atoms with Crippen molar-refractivity contribution >= 4 is 5.91 Å². The molecule has 2 aliphatic heterocycles. The second kappa shape index (κ2) is 4.81. The van der Waals surface area contributed by atoms with Crippen LogP contribution in [0.3, 0.4) is 0 Å². The van der Waals surface area contributed by atoms with Gasteiger partial charge >= 0.3 is 0 Å². The van der Waals surface area contributed by atoms with E-state index in [0.29, 0.717) is 12.5 Å². The van der Waals surface area contributed by atoms with E-state index in [9.17, 15) is 4.79 Å². The lowest BCUT2D eigenvalue weighted by Crippen LogP contribution is -2.46. The number of fused-ring (bicyclic) bond motifs is 1. The van der Waals surface area contributed by atoms with Crippen LogP contribution in [0.5, 0.6) is 0 Å². The minimum Gasteiger partial charge on any atom is -0.354 e. The van der Waals surface area contributed by atoms with Crippen molar-refractivity contribution in [3.63, 3.8) is 0 Å². The van der Waals surface area contributed by atoms with Crippen LogP contribution < -0.4 is 11.1 Å². The standard InChI is InChI=1S/C11H18N4O/c12-6-8(13)3-5-15-4-1-2-9-10(15)7-14-11(9)16/h8-10H,1-5,7,13H2,(H,14,16). The lowest BCUT2D eigenvalue weighted by molar-refractivity contribution is -0.124. The summed E-state index contributed by atoms with van der Waals surface area (Å²) in [7, 11) is 0. The van der Waals surface area contributed by atoms with Crippen LogP contribution in [0.1, 0.15) is 19.3 Å². The van der Waals surface area contributed by atoms with Crippen molar-refractivity contribution in [3.8, 4) is 6.07 Å². The molecule has 0 spiro atoms. The van der Waals surface area contributed by atoms with Crippen molar-refractivity contribution in [1.29, 1.82) is 5.26 Å². The molecule has 5 heteroatoms.